The summed E-state index contributed by atoms with van der Waals surface area (Å²) in [6.07, 6.45) is 2.09. The van der Waals surface area contributed by atoms with Crippen molar-refractivity contribution < 1.29 is 25.8 Å². The van der Waals surface area contributed by atoms with Crippen LogP contribution in [0.2, 0.25) is 0 Å². The van der Waals surface area contributed by atoms with E-state index in [4.69, 9.17) is 9.72 Å². The van der Waals surface area contributed by atoms with Gasteiger partial charge in [-0.15, -0.1) is 41.4 Å². The van der Waals surface area contributed by atoms with Crippen LogP contribution in [-0.4, -0.2) is 25.7 Å². The van der Waals surface area contributed by atoms with Crippen LogP contribution in [0.4, 0.5) is 17.1 Å². The average molecular weight is 1140 g/mol. The Hall–Kier alpha value is -9.16. The quantitative estimate of drug-likeness (QED) is 0.142. The Morgan fingerprint density at radius 1 is 0.413 bits per heavy atom. The maximum Gasteiger partial charge on any atom is 0.136 e. The SMILES string of the molecule is CN1[CH-]N(c2[c-]c(Oc3[c-]c4c(cc3)c3ccccc3n4-c3cc(-c4ccccc4)c(-c4c(-n5c6ccccc6c6ccccc65)cccc4-n4c5ccccc5c5ccccc54)cn3)ccc2)c2ccccc21.[Pt]. The van der Waals surface area contributed by atoms with Gasteiger partial charge in [0.15, 0.2) is 0 Å². The molecular weight excluding hydrogens is 1100 g/mol. The van der Waals surface area contributed by atoms with E-state index in [0.717, 1.165) is 100 Å². The number of nitrogens with zero attached hydrogens (tertiary/aromatic N) is 6. The van der Waals surface area contributed by atoms with Crippen LogP contribution in [0.5, 0.6) is 11.5 Å². The number of rotatable bonds is 8. The van der Waals surface area contributed by atoms with Gasteiger partial charge in [-0.3, -0.25) is 0 Å². The Morgan fingerprint density at radius 2 is 0.893 bits per heavy atom. The molecule has 1 aliphatic rings. The summed E-state index contributed by atoms with van der Waals surface area (Å²) in [7, 11) is 2.06. The van der Waals surface area contributed by atoms with E-state index >= 15 is 0 Å². The van der Waals surface area contributed by atoms with Crippen molar-refractivity contribution in [1.29, 1.82) is 0 Å². The zero-order valence-electron chi connectivity index (χ0n) is 40.5. The molecule has 75 heavy (non-hydrogen) atoms. The predicted molar refractivity (Wildman–Crippen MR) is 304 cm³/mol. The summed E-state index contributed by atoms with van der Waals surface area (Å²) < 4.78 is 13.8. The molecule has 7 nitrogen and oxygen atoms in total. The Morgan fingerprint density at radius 3 is 1.49 bits per heavy atom. The summed E-state index contributed by atoms with van der Waals surface area (Å²) in [5.41, 5.74) is 15.8. The third kappa shape index (κ3) is 7.03. The zero-order valence-corrected chi connectivity index (χ0v) is 42.8. The molecule has 5 heterocycles. The van der Waals surface area contributed by atoms with Gasteiger partial charge in [0, 0.05) is 88.3 Å². The second kappa shape index (κ2) is 17.8. The molecule has 0 bridgehead atoms. The van der Waals surface area contributed by atoms with E-state index in [-0.39, 0.29) is 21.1 Å². The van der Waals surface area contributed by atoms with E-state index < -0.39 is 0 Å². The van der Waals surface area contributed by atoms with Gasteiger partial charge in [-0.1, -0.05) is 145 Å². The van der Waals surface area contributed by atoms with E-state index in [1.165, 1.54) is 21.5 Å². The first kappa shape index (κ1) is 44.5. The van der Waals surface area contributed by atoms with E-state index in [2.05, 4.69) is 268 Å². The van der Waals surface area contributed by atoms with Crippen LogP contribution in [-0.2, 0) is 21.1 Å². The number of benzene rings is 10. The monoisotopic (exact) mass is 1140 g/mol. The first-order valence-corrected chi connectivity index (χ1v) is 24.9. The fraction of sp³-hybridized carbons (Fsp3) is 0.0149. The van der Waals surface area contributed by atoms with Crippen molar-refractivity contribution in [2.24, 2.45) is 0 Å². The van der Waals surface area contributed by atoms with E-state index in [9.17, 15) is 0 Å². The normalized spacial score (nSPS) is 12.4. The fourth-order valence-electron chi connectivity index (χ4n) is 11.5. The van der Waals surface area contributed by atoms with Gasteiger partial charge in [0.2, 0.25) is 0 Å². The number of anilines is 3. The number of aromatic nitrogens is 4. The van der Waals surface area contributed by atoms with Crippen LogP contribution in [0.3, 0.4) is 0 Å². The van der Waals surface area contributed by atoms with Crippen molar-refractivity contribution in [3.05, 3.63) is 256 Å². The molecule has 0 atom stereocenters. The van der Waals surface area contributed by atoms with Gasteiger partial charge < -0.3 is 28.2 Å². The summed E-state index contributed by atoms with van der Waals surface area (Å²) in [5.74, 6) is 1.94. The molecule has 0 saturated heterocycles. The Kier molecular flexibility index (Phi) is 10.6. The minimum absolute atomic E-state index is 0. The fourth-order valence-corrected chi connectivity index (χ4v) is 11.5. The zero-order chi connectivity index (χ0) is 48.9. The molecule has 0 amide bonds. The van der Waals surface area contributed by atoms with Crippen LogP contribution >= 0.6 is 0 Å². The third-order valence-electron chi connectivity index (χ3n) is 14.7. The summed E-state index contributed by atoms with van der Waals surface area (Å²) in [6, 6.07) is 89.0. The van der Waals surface area contributed by atoms with Crippen molar-refractivity contribution in [2.45, 2.75) is 0 Å². The third-order valence-corrected chi connectivity index (χ3v) is 14.7. The first-order chi connectivity index (χ1) is 36.6. The second-order valence-electron chi connectivity index (χ2n) is 18.9. The molecule has 1 aliphatic heterocycles. The molecule has 0 unspecified atom stereocenters. The number of hydrogen-bond acceptors (Lipinski definition) is 4. The molecule has 0 radical (unpaired) electrons. The maximum atomic E-state index is 6.67. The predicted octanol–water partition coefficient (Wildman–Crippen LogP) is 16.8. The molecule has 0 spiro atoms. The van der Waals surface area contributed by atoms with Crippen LogP contribution in [0.15, 0.2) is 237 Å². The van der Waals surface area contributed by atoms with E-state index in [1.807, 2.05) is 18.2 Å². The molecule has 0 N–H and O–H groups in total. The Labute approximate surface area is 447 Å². The van der Waals surface area contributed by atoms with Crippen LogP contribution < -0.4 is 14.5 Å². The van der Waals surface area contributed by atoms with E-state index in [0.29, 0.717) is 11.5 Å². The van der Waals surface area contributed by atoms with Gasteiger partial charge in [0.25, 0.3) is 0 Å². The summed E-state index contributed by atoms with van der Waals surface area (Å²) in [4.78, 5) is 9.80. The largest absolute Gasteiger partial charge is 0.509 e. The minimum atomic E-state index is 0. The molecule has 15 rings (SSSR count). The summed E-state index contributed by atoms with van der Waals surface area (Å²) in [5, 5.41) is 6.96. The van der Waals surface area contributed by atoms with Gasteiger partial charge in [-0.25, -0.2) is 4.98 Å². The van der Waals surface area contributed by atoms with E-state index in [1.54, 1.807) is 0 Å². The second-order valence-corrected chi connectivity index (χ2v) is 18.9. The summed E-state index contributed by atoms with van der Waals surface area (Å²) in [6.45, 7) is 2.08. The molecule has 0 saturated carbocycles. The first-order valence-electron chi connectivity index (χ1n) is 24.9. The van der Waals surface area contributed by atoms with Crippen molar-refractivity contribution in [3.8, 4) is 50.9 Å². The molecule has 360 valence electrons. The van der Waals surface area contributed by atoms with Crippen molar-refractivity contribution >= 4 is 82.5 Å². The Balaban J connectivity index is 0.00000516. The van der Waals surface area contributed by atoms with Crippen molar-refractivity contribution in [1.82, 2.24) is 18.7 Å². The average Bonchev–Trinajstić information content (AvgIpc) is 4.20. The number of fused-ring (bicyclic) bond motifs is 10. The number of hydrogen-bond donors (Lipinski definition) is 0. The van der Waals surface area contributed by atoms with Crippen LogP contribution in [0.1, 0.15) is 0 Å². The van der Waals surface area contributed by atoms with Crippen molar-refractivity contribution in [3.63, 3.8) is 0 Å². The van der Waals surface area contributed by atoms with Gasteiger partial charge in [0.05, 0.1) is 33.4 Å². The van der Waals surface area contributed by atoms with Gasteiger partial charge in [-0.2, -0.15) is 18.8 Å². The molecule has 8 heteroatoms. The van der Waals surface area contributed by atoms with Crippen LogP contribution in [0.25, 0.3) is 105 Å². The molecule has 14 aromatic rings. The standard InChI is InChI=1S/C67H43N6O.Pt/c1-69-43-70(62-34-16-15-33-61(62)69)45-21-17-22-46(39-45)74-47-37-38-53-52-27-9-14-32-60(52)73(65(53)40-47)66-41-54(44-19-3-2-4-20-44)55(42-68-66)67-63(71-56-28-10-5-23-48(56)49-24-6-11-29-57(49)71)35-18-36-64(67)72-58-30-12-7-25-50(58)51-26-8-13-31-59(51)72;/h2-38,41-43H,1H3;/q-3;. The number of para-hydroxylation sites is 7. The van der Waals surface area contributed by atoms with Gasteiger partial charge in [-0.05, 0) is 84.2 Å². The maximum absolute atomic E-state index is 6.67. The van der Waals surface area contributed by atoms with Crippen molar-refractivity contribution in [2.75, 3.05) is 16.8 Å². The van der Waals surface area contributed by atoms with Gasteiger partial charge >= 0.3 is 0 Å². The van der Waals surface area contributed by atoms with Crippen LogP contribution in [0, 0.1) is 18.8 Å². The smallest absolute Gasteiger partial charge is 0.136 e. The Bertz CT molecular complexity index is 4310. The molecule has 0 aliphatic carbocycles. The topological polar surface area (TPSA) is 43.4 Å². The molecule has 0 fully saturated rings. The molecular formula is C67H43N6OPt-3. The summed E-state index contributed by atoms with van der Waals surface area (Å²) >= 11 is 0. The number of pyridine rings is 1. The molecule has 10 aromatic carbocycles. The minimum Gasteiger partial charge on any atom is -0.509 e. The van der Waals surface area contributed by atoms with Gasteiger partial charge in [0.1, 0.15) is 5.82 Å². The number of ether oxygens (including phenoxy) is 1. The molecule has 4 aromatic heterocycles.